The van der Waals surface area contributed by atoms with Crippen molar-refractivity contribution in [1.82, 2.24) is 4.90 Å². The van der Waals surface area contributed by atoms with Crippen LogP contribution in [0.4, 0.5) is 0 Å². The van der Waals surface area contributed by atoms with Crippen molar-refractivity contribution in [2.45, 2.75) is 19.1 Å². The van der Waals surface area contributed by atoms with Crippen LogP contribution in [-0.2, 0) is 6.54 Å². The summed E-state index contributed by atoms with van der Waals surface area (Å²) in [7, 11) is 0. The molecule has 1 amide bonds. The number of nitrogens with two attached hydrogens (primary N) is 1. The lowest BCUT2D eigenvalue weighted by molar-refractivity contribution is 0.0993. The number of carbonyl (C=O) groups excluding carboxylic acids is 1. The second-order valence-corrected chi connectivity index (χ2v) is 5.61. The van der Waals surface area contributed by atoms with E-state index < -0.39 is 5.91 Å². The lowest BCUT2D eigenvalue weighted by atomic mass is 10.2. The molecule has 2 aromatic carbocycles. The molecular weight excluding hydrogens is 276 g/mol. The second kappa shape index (κ2) is 6.62. The first kappa shape index (κ1) is 14.6. The molecule has 114 valence electrons. The van der Waals surface area contributed by atoms with Gasteiger partial charge in [0.15, 0.2) is 0 Å². The predicted octanol–water partition coefficient (Wildman–Crippen LogP) is 2.44. The molecule has 0 saturated carbocycles. The van der Waals surface area contributed by atoms with Crippen molar-refractivity contribution >= 4 is 5.91 Å². The van der Waals surface area contributed by atoms with Gasteiger partial charge in [0.25, 0.3) is 5.91 Å². The highest BCUT2D eigenvalue weighted by Gasteiger charge is 2.25. The molecule has 22 heavy (non-hydrogen) atoms. The van der Waals surface area contributed by atoms with Gasteiger partial charge in [-0.3, -0.25) is 9.69 Å². The Morgan fingerprint density at radius 3 is 2.64 bits per heavy atom. The van der Waals surface area contributed by atoms with E-state index in [4.69, 9.17) is 10.5 Å². The first-order chi connectivity index (χ1) is 10.7. The van der Waals surface area contributed by atoms with Gasteiger partial charge in [0.05, 0.1) is 5.56 Å². The minimum Gasteiger partial charge on any atom is -0.488 e. The third-order valence-corrected chi connectivity index (χ3v) is 3.92. The number of hydrogen-bond donors (Lipinski definition) is 1. The number of para-hydroxylation sites is 1. The normalized spacial score (nSPS) is 18.3. The summed E-state index contributed by atoms with van der Waals surface area (Å²) in [4.78, 5) is 13.8. The molecule has 1 saturated heterocycles. The molecule has 1 aliphatic heterocycles. The zero-order chi connectivity index (χ0) is 15.4. The second-order valence-electron chi connectivity index (χ2n) is 5.61. The van der Waals surface area contributed by atoms with E-state index in [0.29, 0.717) is 11.3 Å². The van der Waals surface area contributed by atoms with Crippen LogP contribution >= 0.6 is 0 Å². The maximum atomic E-state index is 11.4. The molecule has 0 aromatic heterocycles. The molecule has 2 aromatic rings. The van der Waals surface area contributed by atoms with Crippen LogP contribution in [0.15, 0.2) is 54.6 Å². The number of nitrogens with zero attached hydrogens (tertiary/aromatic N) is 1. The molecule has 2 N–H and O–H groups in total. The van der Waals surface area contributed by atoms with Crippen LogP contribution in [0.3, 0.4) is 0 Å². The minimum absolute atomic E-state index is 0.101. The maximum Gasteiger partial charge on any atom is 0.252 e. The summed E-state index contributed by atoms with van der Waals surface area (Å²) in [5, 5.41) is 0. The molecule has 1 atom stereocenters. The average molecular weight is 296 g/mol. The molecule has 1 heterocycles. The monoisotopic (exact) mass is 296 g/mol. The van der Waals surface area contributed by atoms with Gasteiger partial charge in [-0.15, -0.1) is 0 Å². The smallest absolute Gasteiger partial charge is 0.252 e. The van der Waals surface area contributed by atoms with Crippen LogP contribution < -0.4 is 10.5 Å². The van der Waals surface area contributed by atoms with Gasteiger partial charge < -0.3 is 10.5 Å². The molecule has 4 nitrogen and oxygen atoms in total. The Bertz CT molecular complexity index is 643. The molecule has 0 radical (unpaired) electrons. The van der Waals surface area contributed by atoms with Crippen LogP contribution in [0, 0.1) is 0 Å². The van der Waals surface area contributed by atoms with Crippen molar-refractivity contribution in [2.75, 3.05) is 13.1 Å². The van der Waals surface area contributed by atoms with E-state index in [1.54, 1.807) is 18.2 Å². The van der Waals surface area contributed by atoms with E-state index in [9.17, 15) is 4.79 Å². The van der Waals surface area contributed by atoms with Crippen molar-refractivity contribution in [2.24, 2.45) is 5.73 Å². The first-order valence-electron chi connectivity index (χ1n) is 7.54. The highest BCUT2D eigenvalue weighted by molar-refractivity contribution is 5.95. The fraction of sp³-hybridized carbons (Fsp3) is 0.278. The summed E-state index contributed by atoms with van der Waals surface area (Å²) in [5.41, 5.74) is 7.14. The lowest BCUT2D eigenvalue weighted by Gasteiger charge is -2.18. The Kier molecular flexibility index (Phi) is 4.39. The Balaban J connectivity index is 1.61. The summed E-state index contributed by atoms with van der Waals surface area (Å²) in [6, 6.07) is 17.6. The fourth-order valence-corrected chi connectivity index (χ4v) is 2.83. The van der Waals surface area contributed by atoms with Crippen LogP contribution in [0.25, 0.3) is 0 Å². The van der Waals surface area contributed by atoms with Gasteiger partial charge in [-0.25, -0.2) is 0 Å². The number of likely N-dealkylation sites (tertiary alicyclic amines) is 1. The van der Waals surface area contributed by atoms with Gasteiger partial charge in [-0.1, -0.05) is 42.5 Å². The molecule has 3 rings (SSSR count). The molecule has 4 heteroatoms. The van der Waals surface area contributed by atoms with Gasteiger partial charge in [-0.05, 0) is 24.1 Å². The lowest BCUT2D eigenvalue weighted by Crippen LogP contribution is -2.25. The largest absolute Gasteiger partial charge is 0.488 e. The number of hydrogen-bond acceptors (Lipinski definition) is 3. The molecular formula is C18H20N2O2. The van der Waals surface area contributed by atoms with Crippen LogP contribution in [-0.4, -0.2) is 30.0 Å². The highest BCUT2D eigenvalue weighted by Crippen LogP contribution is 2.23. The number of ether oxygens (including phenoxy) is 1. The van der Waals surface area contributed by atoms with Crippen LogP contribution in [0.1, 0.15) is 22.3 Å². The molecule has 0 bridgehead atoms. The number of rotatable bonds is 5. The van der Waals surface area contributed by atoms with Crippen molar-refractivity contribution in [1.29, 1.82) is 0 Å². The van der Waals surface area contributed by atoms with Crippen LogP contribution in [0.5, 0.6) is 5.75 Å². The van der Waals surface area contributed by atoms with Crippen molar-refractivity contribution < 1.29 is 9.53 Å². The fourth-order valence-electron chi connectivity index (χ4n) is 2.83. The van der Waals surface area contributed by atoms with Crippen LogP contribution in [0.2, 0.25) is 0 Å². The predicted molar refractivity (Wildman–Crippen MR) is 85.7 cm³/mol. The van der Waals surface area contributed by atoms with E-state index in [1.807, 2.05) is 12.1 Å². The Labute approximate surface area is 130 Å². The third-order valence-electron chi connectivity index (χ3n) is 3.92. The average Bonchev–Trinajstić information content (AvgIpc) is 2.96. The van der Waals surface area contributed by atoms with E-state index in [1.165, 1.54) is 5.56 Å². The standard InChI is InChI=1S/C18H20N2O2/c19-18(21)16-8-4-5-9-17(16)22-15-10-11-20(13-15)12-14-6-2-1-3-7-14/h1-9,15H,10-13H2,(H2,19,21). The summed E-state index contributed by atoms with van der Waals surface area (Å²) in [5.74, 6) is 0.135. The molecule has 0 spiro atoms. The maximum absolute atomic E-state index is 11.4. The van der Waals surface area contributed by atoms with Crippen molar-refractivity contribution in [3.8, 4) is 5.75 Å². The van der Waals surface area contributed by atoms with Gasteiger partial charge in [-0.2, -0.15) is 0 Å². The van der Waals surface area contributed by atoms with Gasteiger partial charge in [0.2, 0.25) is 0 Å². The molecule has 0 aliphatic carbocycles. The zero-order valence-electron chi connectivity index (χ0n) is 12.4. The number of primary amides is 1. The number of amides is 1. The quantitative estimate of drug-likeness (QED) is 0.922. The summed E-state index contributed by atoms with van der Waals surface area (Å²) in [6.45, 7) is 2.79. The SMILES string of the molecule is NC(=O)c1ccccc1OC1CCN(Cc2ccccc2)C1. The van der Waals surface area contributed by atoms with Gasteiger partial charge in [0.1, 0.15) is 11.9 Å². The number of carbonyl (C=O) groups is 1. The zero-order valence-corrected chi connectivity index (χ0v) is 12.4. The summed E-state index contributed by atoms with van der Waals surface area (Å²) in [6.07, 6.45) is 1.06. The highest BCUT2D eigenvalue weighted by atomic mass is 16.5. The third kappa shape index (κ3) is 3.46. The molecule has 1 unspecified atom stereocenters. The Morgan fingerprint density at radius 2 is 1.86 bits per heavy atom. The van der Waals surface area contributed by atoms with E-state index in [0.717, 1.165) is 26.1 Å². The summed E-state index contributed by atoms with van der Waals surface area (Å²) < 4.78 is 5.99. The Morgan fingerprint density at radius 1 is 1.14 bits per heavy atom. The molecule has 1 fully saturated rings. The van der Waals surface area contributed by atoms with E-state index in [-0.39, 0.29) is 6.10 Å². The summed E-state index contributed by atoms with van der Waals surface area (Å²) >= 11 is 0. The van der Waals surface area contributed by atoms with Crippen molar-refractivity contribution in [3.63, 3.8) is 0 Å². The van der Waals surface area contributed by atoms with E-state index in [2.05, 4.69) is 29.2 Å². The van der Waals surface area contributed by atoms with Gasteiger partial charge in [0, 0.05) is 19.6 Å². The topological polar surface area (TPSA) is 55.6 Å². The molecule has 1 aliphatic rings. The Hall–Kier alpha value is -2.33. The number of benzene rings is 2. The van der Waals surface area contributed by atoms with E-state index >= 15 is 0 Å². The minimum atomic E-state index is -0.449. The van der Waals surface area contributed by atoms with Gasteiger partial charge >= 0.3 is 0 Å². The first-order valence-corrected chi connectivity index (χ1v) is 7.54. The van der Waals surface area contributed by atoms with Crippen molar-refractivity contribution in [3.05, 3.63) is 65.7 Å².